The van der Waals surface area contributed by atoms with Gasteiger partial charge in [0.05, 0.1) is 4.90 Å². The third-order valence-corrected chi connectivity index (χ3v) is 5.61. The van der Waals surface area contributed by atoms with Gasteiger partial charge in [-0.25, -0.2) is 8.42 Å². The number of hydrogen-bond acceptors (Lipinski definition) is 4. The second-order valence-electron chi connectivity index (χ2n) is 7.53. The smallest absolute Gasteiger partial charge is 0.261 e. The number of sulfonamides is 1. The highest BCUT2D eigenvalue weighted by molar-refractivity contribution is 7.92. The topological polar surface area (TPSA) is 92.5 Å². The lowest BCUT2D eigenvalue weighted by molar-refractivity contribution is 0.0740. The summed E-state index contributed by atoms with van der Waals surface area (Å²) in [5.74, 6) is -0.246. The molecular formula is C20H27N3O3S. The van der Waals surface area contributed by atoms with E-state index in [1.54, 1.807) is 42.3 Å². The van der Waals surface area contributed by atoms with E-state index in [1.807, 2.05) is 26.8 Å². The molecule has 6 nitrogen and oxygen atoms in total. The fourth-order valence-electron chi connectivity index (χ4n) is 2.72. The number of carbonyl (C=O) groups is 1. The number of hydrogen-bond donors (Lipinski definition) is 2. The molecule has 146 valence electrons. The minimum absolute atomic E-state index is 0.0429. The van der Waals surface area contributed by atoms with E-state index in [9.17, 15) is 13.2 Å². The number of amides is 1. The zero-order valence-corrected chi connectivity index (χ0v) is 17.0. The SMILES string of the molecule is Cc1cccc(NS(=O)(=O)c2cccc(C(=O)N(C)CC(C)(C)CN)c2)c1. The van der Waals surface area contributed by atoms with Gasteiger partial charge in [0, 0.05) is 24.8 Å². The van der Waals surface area contributed by atoms with Crippen LogP contribution in [0.5, 0.6) is 0 Å². The molecule has 0 unspecified atom stereocenters. The van der Waals surface area contributed by atoms with Gasteiger partial charge in [0.15, 0.2) is 0 Å². The summed E-state index contributed by atoms with van der Waals surface area (Å²) in [4.78, 5) is 14.3. The van der Waals surface area contributed by atoms with E-state index in [0.29, 0.717) is 24.3 Å². The molecule has 0 atom stereocenters. The van der Waals surface area contributed by atoms with Gasteiger partial charge >= 0.3 is 0 Å². The van der Waals surface area contributed by atoms with E-state index in [4.69, 9.17) is 5.73 Å². The molecule has 0 aliphatic rings. The number of aryl methyl sites for hydroxylation is 1. The molecule has 0 aromatic heterocycles. The fraction of sp³-hybridized carbons (Fsp3) is 0.350. The monoisotopic (exact) mass is 389 g/mol. The second kappa shape index (κ2) is 8.10. The minimum atomic E-state index is -3.79. The second-order valence-corrected chi connectivity index (χ2v) is 9.21. The Morgan fingerprint density at radius 3 is 2.44 bits per heavy atom. The number of anilines is 1. The van der Waals surface area contributed by atoms with Crippen molar-refractivity contribution in [3.63, 3.8) is 0 Å². The Morgan fingerprint density at radius 2 is 1.81 bits per heavy atom. The van der Waals surface area contributed by atoms with Crippen molar-refractivity contribution in [3.8, 4) is 0 Å². The number of rotatable bonds is 7. The van der Waals surface area contributed by atoms with E-state index in [1.165, 1.54) is 12.1 Å². The molecule has 7 heteroatoms. The molecule has 3 N–H and O–H groups in total. The zero-order chi connectivity index (χ0) is 20.2. The van der Waals surface area contributed by atoms with Crippen molar-refractivity contribution in [2.24, 2.45) is 11.1 Å². The molecule has 2 aromatic carbocycles. The summed E-state index contributed by atoms with van der Waals surface area (Å²) in [6.45, 7) is 6.75. The molecule has 0 saturated heterocycles. The normalized spacial score (nSPS) is 11.9. The maximum atomic E-state index is 12.7. The number of nitrogens with zero attached hydrogens (tertiary/aromatic N) is 1. The van der Waals surface area contributed by atoms with Crippen LogP contribution < -0.4 is 10.5 Å². The summed E-state index contributed by atoms with van der Waals surface area (Å²) in [5.41, 5.74) is 7.26. The molecular weight excluding hydrogens is 362 g/mol. The summed E-state index contributed by atoms with van der Waals surface area (Å²) in [6, 6.07) is 13.1. The number of nitrogens with two attached hydrogens (primary N) is 1. The molecule has 2 rings (SSSR count). The lowest BCUT2D eigenvalue weighted by Gasteiger charge is -2.29. The standard InChI is InChI=1S/C20H27N3O3S/c1-15-7-5-9-17(11-15)22-27(25,26)18-10-6-8-16(12-18)19(24)23(4)14-20(2,3)13-21/h5-12,22H,13-14,21H2,1-4H3. The van der Waals surface area contributed by atoms with Crippen molar-refractivity contribution in [1.82, 2.24) is 4.90 Å². The average molecular weight is 390 g/mol. The van der Waals surface area contributed by atoms with Gasteiger partial charge in [0.2, 0.25) is 0 Å². The van der Waals surface area contributed by atoms with Crippen LogP contribution in [0.15, 0.2) is 53.4 Å². The Balaban J connectivity index is 2.24. The van der Waals surface area contributed by atoms with Crippen LogP contribution in [0.1, 0.15) is 29.8 Å². The first-order valence-electron chi connectivity index (χ1n) is 8.69. The highest BCUT2D eigenvalue weighted by Gasteiger charge is 2.23. The van der Waals surface area contributed by atoms with Crippen LogP contribution in [-0.4, -0.2) is 39.4 Å². The van der Waals surface area contributed by atoms with Crippen molar-refractivity contribution in [2.45, 2.75) is 25.7 Å². The van der Waals surface area contributed by atoms with Crippen LogP contribution in [0.4, 0.5) is 5.69 Å². The van der Waals surface area contributed by atoms with Gasteiger partial charge in [0.1, 0.15) is 0 Å². The van der Waals surface area contributed by atoms with Crippen LogP contribution in [0.3, 0.4) is 0 Å². The average Bonchev–Trinajstić information content (AvgIpc) is 2.60. The summed E-state index contributed by atoms with van der Waals surface area (Å²) < 4.78 is 27.9. The highest BCUT2D eigenvalue weighted by atomic mass is 32.2. The van der Waals surface area contributed by atoms with Gasteiger partial charge in [-0.15, -0.1) is 0 Å². The van der Waals surface area contributed by atoms with Crippen LogP contribution >= 0.6 is 0 Å². The van der Waals surface area contributed by atoms with E-state index >= 15 is 0 Å². The maximum absolute atomic E-state index is 12.7. The number of carbonyl (C=O) groups excluding carboxylic acids is 1. The summed E-state index contributed by atoms with van der Waals surface area (Å²) in [5, 5.41) is 0. The van der Waals surface area contributed by atoms with Crippen LogP contribution in [0.25, 0.3) is 0 Å². The third-order valence-electron chi connectivity index (χ3n) is 4.23. The Labute approximate surface area is 161 Å². The fourth-order valence-corrected chi connectivity index (χ4v) is 3.81. The molecule has 0 bridgehead atoms. The maximum Gasteiger partial charge on any atom is 0.261 e. The van der Waals surface area contributed by atoms with Gasteiger partial charge in [-0.05, 0) is 54.8 Å². The third kappa shape index (κ3) is 5.55. The molecule has 0 radical (unpaired) electrons. The van der Waals surface area contributed by atoms with Gasteiger partial charge in [-0.3, -0.25) is 9.52 Å². The number of nitrogens with one attached hydrogen (secondary N) is 1. The van der Waals surface area contributed by atoms with Gasteiger partial charge in [0.25, 0.3) is 15.9 Å². The highest BCUT2D eigenvalue weighted by Crippen LogP contribution is 2.20. The predicted molar refractivity (Wildman–Crippen MR) is 108 cm³/mol. The van der Waals surface area contributed by atoms with E-state index in [0.717, 1.165) is 5.56 Å². The molecule has 27 heavy (non-hydrogen) atoms. The van der Waals surface area contributed by atoms with Crippen LogP contribution in [0, 0.1) is 12.3 Å². The van der Waals surface area contributed by atoms with Crippen molar-refractivity contribution in [1.29, 1.82) is 0 Å². The molecule has 1 amide bonds. The quantitative estimate of drug-likeness (QED) is 0.761. The molecule has 0 aliphatic carbocycles. The first-order chi connectivity index (χ1) is 12.5. The molecule has 0 heterocycles. The predicted octanol–water partition coefficient (Wildman–Crippen LogP) is 2.85. The van der Waals surface area contributed by atoms with Gasteiger partial charge in [-0.2, -0.15) is 0 Å². The molecule has 0 spiro atoms. The summed E-state index contributed by atoms with van der Waals surface area (Å²) in [7, 11) is -2.11. The molecule has 0 aliphatic heterocycles. The van der Waals surface area contributed by atoms with E-state index in [-0.39, 0.29) is 16.2 Å². The van der Waals surface area contributed by atoms with Crippen molar-refractivity contribution >= 4 is 21.6 Å². The summed E-state index contributed by atoms with van der Waals surface area (Å²) in [6.07, 6.45) is 0. The molecule has 2 aromatic rings. The molecule has 0 saturated carbocycles. The Morgan fingerprint density at radius 1 is 1.15 bits per heavy atom. The van der Waals surface area contributed by atoms with Crippen LogP contribution in [0.2, 0.25) is 0 Å². The lowest BCUT2D eigenvalue weighted by Crippen LogP contribution is -2.39. The van der Waals surface area contributed by atoms with Gasteiger partial charge in [-0.1, -0.05) is 32.0 Å². The Hall–Kier alpha value is -2.38. The van der Waals surface area contributed by atoms with Crippen molar-refractivity contribution < 1.29 is 13.2 Å². The van der Waals surface area contributed by atoms with Gasteiger partial charge < -0.3 is 10.6 Å². The lowest BCUT2D eigenvalue weighted by atomic mass is 9.93. The Kier molecular flexibility index (Phi) is 6.28. The van der Waals surface area contributed by atoms with E-state index in [2.05, 4.69) is 4.72 Å². The number of benzene rings is 2. The molecule has 0 fully saturated rings. The first-order valence-corrected chi connectivity index (χ1v) is 10.2. The zero-order valence-electron chi connectivity index (χ0n) is 16.2. The Bertz CT molecular complexity index is 924. The van der Waals surface area contributed by atoms with Crippen molar-refractivity contribution in [3.05, 3.63) is 59.7 Å². The summed E-state index contributed by atoms with van der Waals surface area (Å²) >= 11 is 0. The van der Waals surface area contributed by atoms with E-state index < -0.39 is 10.0 Å². The first kappa shape index (κ1) is 20.9. The van der Waals surface area contributed by atoms with Crippen molar-refractivity contribution in [2.75, 3.05) is 24.9 Å². The largest absolute Gasteiger partial charge is 0.341 e. The van der Waals surface area contributed by atoms with Crippen LogP contribution in [-0.2, 0) is 10.0 Å². The minimum Gasteiger partial charge on any atom is -0.341 e.